The minimum Gasteiger partial charge on any atom is -0.338 e. The van der Waals surface area contributed by atoms with Crippen molar-refractivity contribution in [1.29, 1.82) is 0 Å². The first-order valence-electron chi connectivity index (χ1n) is 3.57. The maximum Gasteiger partial charge on any atom is 0.165 e. The minimum absolute atomic E-state index is 0.523. The lowest BCUT2D eigenvalue weighted by Gasteiger charge is -2.01. The van der Waals surface area contributed by atoms with Crippen LogP contribution in [0.1, 0.15) is 6.42 Å². The summed E-state index contributed by atoms with van der Waals surface area (Å²) in [6.07, 6.45) is 0.715. The predicted molar refractivity (Wildman–Crippen MR) is 43.0 cm³/mol. The lowest BCUT2D eigenvalue weighted by atomic mass is 10.3. The third kappa shape index (κ3) is 3.05. The third-order valence-electron chi connectivity index (χ3n) is 1.13. The molecule has 0 amide bonds. The molecule has 0 aliphatic heterocycles. The van der Waals surface area contributed by atoms with Gasteiger partial charge in [-0.1, -0.05) is 25.1 Å². The second-order valence-corrected chi connectivity index (χ2v) is 2.07. The van der Waals surface area contributed by atoms with E-state index in [-0.39, 0.29) is 0 Å². The molecule has 0 unspecified atom stereocenters. The van der Waals surface area contributed by atoms with Gasteiger partial charge < -0.3 is 4.89 Å². The zero-order valence-electron chi connectivity index (χ0n) is 6.32. The van der Waals surface area contributed by atoms with E-state index in [1.54, 1.807) is 0 Å². The van der Waals surface area contributed by atoms with Gasteiger partial charge in [0.25, 0.3) is 0 Å². The Kier molecular flexibility index (Phi) is 3.48. The first kappa shape index (κ1) is 8.08. The number of para-hydroxylation sites is 1. The van der Waals surface area contributed by atoms with Crippen LogP contribution in [-0.2, 0) is 4.89 Å². The van der Waals surface area contributed by atoms with Crippen LogP contribution in [0, 0.1) is 6.92 Å². The molecule has 1 radical (unpaired) electrons. The topological polar surface area (TPSA) is 18.5 Å². The predicted octanol–water partition coefficient (Wildman–Crippen LogP) is 2.22. The number of rotatable bonds is 4. The van der Waals surface area contributed by atoms with Crippen molar-refractivity contribution in [3.63, 3.8) is 0 Å². The van der Waals surface area contributed by atoms with Gasteiger partial charge in [-0.15, -0.1) is 0 Å². The van der Waals surface area contributed by atoms with E-state index in [0.717, 1.165) is 5.75 Å². The molecule has 0 heterocycles. The summed E-state index contributed by atoms with van der Waals surface area (Å²) in [4.78, 5) is 9.71. The van der Waals surface area contributed by atoms with Gasteiger partial charge in [-0.3, -0.25) is 0 Å². The van der Waals surface area contributed by atoms with Gasteiger partial charge in [0.15, 0.2) is 5.75 Å². The molecule has 0 saturated carbocycles. The van der Waals surface area contributed by atoms with Crippen LogP contribution in [0.4, 0.5) is 0 Å². The fourth-order valence-electron chi connectivity index (χ4n) is 0.645. The average molecular weight is 151 g/mol. The molecule has 1 aromatic rings. The second kappa shape index (κ2) is 4.74. The van der Waals surface area contributed by atoms with Crippen LogP contribution in [0.3, 0.4) is 0 Å². The van der Waals surface area contributed by atoms with E-state index in [1.165, 1.54) is 0 Å². The summed E-state index contributed by atoms with van der Waals surface area (Å²) in [5, 5.41) is 0. The van der Waals surface area contributed by atoms with Crippen LogP contribution >= 0.6 is 0 Å². The summed E-state index contributed by atoms with van der Waals surface area (Å²) in [5.41, 5.74) is 0. The molecule has 2 nitrogen and oxygen atoms in total. The normalized spacial score (nSPS) is 9.55. The highest BCUT2D eigenvalue weighted by atomic mass is 17.2. The van der Waals surface area contributed by atoms with Crippen molar-refractivity contribution >= 4 is 0 Å². The van der Waals surface area contributed by atoms with Gasteiger partial charge in [-0.25, -0.2) is 0 Å². The summed E-state index contributed by atoms with van der Waals surface area (Å²) >= 11 is 0. The van der Waals surface area contributed by atoms with Crippen molar-refractivity contribution in [2.24, 2.45) is 0 Å². The Balaban J connectivity index is 2.28. The molecule has 59 valence electrons. The van der Waals surface area contributed by atoms with E-state index in [4.69, 9.17) is 9.78 Å². The molecular formula is C9H11O2. The molecule has 1 rings (SSSR count). The molecule has 0 bridgehead atoms. The number of hydrogen-bond donors (Lipinski definition) is 0. The number of benzene rings is 1. The van der Waals surface area contributed by atoms with Crippen molar-refractivity contribution in [2.75, 3.05) is 6.61 Å². The first-order chi connectivity index (χ1) is 5.43. The summed E-state index contributed by atoms with van der Waals surface area (Å²) < 4.78 is 0. The molecule has 0 aliphatic rings. The maximum atomic E-state index is 4.91. The van der Waals surface area contributed by atoms with Gasteiger partial charge in [0, 0.05) is 0 Å². The Morgan fingerprint density at radius 3 is 2.55 bits per heavy atom. The van der Waals surface area contributed by atoms with Crippen LogP contribution in [-0.4, -0.2) is 6.61 Å². The Labute approximate surface area is 66.7 Å². The molecule has 0 saturated heterocycles. The van der Waals surface area contributed by atoms with Crippen LogP contribution in [0.25, 0.3) is 0 Å². The van der Waals surface area contributed by atoms with Crippen molar-refractivity contribution in [3.8, 4) is 5.75 Å². The van der Waals surface area contributed by atoms with Gasteiger partial charge in [0.1, 0.15) is 0 Å². The molecule has 11 heavy (non-hydrogen) atoms. The lowest BCUT2D eigenvalue weighted by molar-refractivity contribution is -0.205. The Bertz CT molecular complexity index is 184. The fraction of sp³-hybridized carbons (Fsp3) is 0.222. The summed E-state index contributed by atoms with van der Waals surface area (Å²) in [7, 11) is 0. The summed E-state index contributed by atoms with van der Waals surface area (Å²) in [6.45, 7) is 4.13. The molecule has 0 aromatic heterocycles. The van der Waals surface area contributed by atoms with Crippen molar-refractivity contribution in [3.05, 3.63) is 37.3 Å². The van der Waals surface area contributed by atoms with Crippen LogP contribution in [0.15, 0.2) is 30.3 Å². The third-order valence-corrected chi connectivity index (χ3v) is 1.13. The fourth-order valence-corrected chi connectivity index (χ4v) is 0.645. The smallest absolute Gasteiger partial charge is 0.165 e. The molecular weight excluding hydrogens is 140 g/mol. The van der Waals surface area contributed by atoms with Crippen LogP contribution in [0.2, 0.25) is 0 Å². The molecule has 0 spiro atoms. The summed E-state index contributed by atoms with van der Waals surface area (Å²) in [5.74, 6) is 0.723. The molecule has 0 N–H and O–H groups in total. The van der Waals surface area contributed by atoms with Crippen LogP contribution in [0.5, 0.6) is 5.75 Å². The Morgan fingerprint density at radius 1 is 1.18 bits per heavy atom. The average Bonchev–Trinajstić information content (AvgIpc) is 2.07. The van der Waals surface area contributed by atoms with Crippen molar-refractivity contribution in [1.82, 2.24) is 0 Å². The van der Waals surface area contributed by atoms with E-state index in [1.807, 2.05) is 30.3 Å². The van der Waals surface area contributed by atoms with Gasteiger partial charge in [-0.05, 0) is 18.6 Å². The zero-order valence-corrected chi connectivity index (χ0v) is 6.32. The molecule has 1 aromatic carbocycles. The molecule has 2 heteroatoms. The highest BCUT2D eigenvalue weighted by molar-refractivity contribution is 5.20. The maximum absolute atomic E-state index is 4.91. The highest BCUT2D eigenvalue weighted by Gasteiger charge is 1.89. The highest BCUT2D eigenvalue weighted by Crippen LogP contribution is 2.08. The van der Waals surface area contributed by atoms with E-state index < -0.39 is 0 Å². The van der Waals surface area contributed by atoms with Gasteiger partial charge in [0.2, 0.25) is 0 Å². The Morgan fingerprint density at radius 2 is 1.91 bits per heavy atom. The standard InChI is InChI=1S/C9H11O2/c1-2-8-10-11-9-6-4-3-5-7-9/h3-7H,1-2,8H2. The van der Waals surface area contributed by atoms with E-state index in [0.29, 0.717) is 13.0 Å². The van der Waals surface area contributed by atoms with E-state index in [9.17, 15) is 0 Å². The van der Waals surface area contributed by atoms with Crippen molar-refractivity contribution < 1.29 is 9.78 Å². The van der Waals surface area contributed by atoms with Gasteiger partial charge in [-0.2, -0.15) is 4.89 Å². The van der Waals surface area contributed by atoms with E-state index in [2.05, 4.69) is 6.92 Å². The molecule has 0 aliphatic carbocycles. The monoisotopic (exact) mass is 151 g/mol. The van der Waals surface area contributed by atoms with E-state index >= 15 is 0 Å². The number of hydrogen-bond acceptors (Lipinski definition) is 2. The van der Waals surface area contributed by atoms with Crippen molar-refractivity contribution in [2.45, 2.75) is 6.42 Å². The lowest BCUT2D eigenvalue weighted by Crippen LogP contribution is -1.97. The zero-order chi connectivity index (χ0) is 7.94. The van der Waals surface area contributed by atoms with Crippen LogP contribution < -0.4 is 4.89 Å². The quantitative estimate of drug-likeness (QED) is 0.373. The minimum atomic E-state index is 0.523. The second-order valence-electron chi connectivity index (χ2n) is 2.07. The Hall–Kier alpha value is -1.02. The molecule has 0 fully saturated rings. The summed E-state index contributed by atoms with van der Waals surface area (Å²) in [6, 6.07) is 9.38. The SMILES string of the molecule is [CH2]CCOOc1ccccc1. The molecule has 0 atom stereocenters. The first-order valence-corrected chi connectivity index (χ1v) is 3.57. The largest absolute Gasteiger partial charge is 0.338 e. The van der Waals surface area contributed by atoms with Gasteiger partial charge in [0.05, 0.1) is 6.61 Å². The van der Waals surface area contributed by atoms with Gasteiger partial charge >= 0.3 is 0 Å².